The molecule has 90 valence electrons. The van der Waals surface area contributed by atoms with Crippen molar-refractivity contribution in [1.82, 2.24) is 25.1 Å². The standard InChI is InChI=1S/C8H10N6O3/c1-2-17-8-12-6(13-14-8)11-5(15)4-3-9-7(16)10-4/h3H,2H2,1H3,(H2,9,10,16)(H2,11,12,13,14,15). The maximum atomic E-state index is 11.6. The molecule has 17 heavy (non-hydrogen) atoms. The molecule has 2 heterocycles. The minimum Gasteiger partial charge on any atom is -0.463 e. The highest BCUT2D eigenvalue weighted by molar-refractivity contribution is 6.01. The maximum absolute atomic E-state index is 11.6. The molecule has 0 bridgehead atoms. The van der Waals surface area contributed by atoms with Crippen LogP contribution in [-0.2, 0) is 0 Å². The van der Waals surface area contributed by atoms with Crippen LogP contribution in [-0.4, -0.2) is 37.7 Å². The molecule has 0 aliphatic heterocycles. The number of carbonyl (C=O) groups is 1. The molecule has 0 saturated carbocycles. The van der Waals surface area contributed by atoms with Crippen molar-refractivity contribution in [2.75, 3.05) is 11.9 Å². The molecule has 2 aromatic heterocycles. The van der Waals surface area contributed by atoms with Crippen LogP contribution in [0.1, 0.15) is 17.4 Å². The molecular formula is C8H10N6O3. The lowest BCUT2D eigenvalue weighted by molar-refractivity contribution is 0.102. The topological polar surface area (TPSA) is 129 Å². The Kier molecular flexibility index (Phi) is 2.90. The van der Waals surface area contributed by atoms with Gasteiger partial charge in [0.15, 0.2) is 0 Å². The molecule has 0 spiro atoms. The number of ether oxygens (including phenoxy) is 1. The van der Waals surface area contributed by atoms with Crippen LogP contribution < -0.4 is 15.7 Å². The van der Waals surface area contributed by atoms with E-state index in [1.807, 2.05) is 0 Å². The van der Waals surface area contributed by atoms with E-state index in [1.165, 1.54) is 6.20 Å². The molecule has 0 aliphatic carbocycles. The van der Waals surface area contributed by atoms with E-state index in [2.05, 4.69) is 30.5 Å². The fourth-order valence-corrected chi connectivity index (χ4v) is 1.13. The van der Waals surface area contributed by atoms with Gasteiger partial charge in [-0.3, -0.25) is 10.1 Å². The minimum atomic E-state index is -0.512. The van der Waals surface area contributed by atoms with E-state index < -0.39 is 11.6 Å². The van der Waals surface area contributed by atoms with Crippen molar-refractivity contribution in [1.29, 1.82) is 0 Å². The number of aromatic amines is 3. The quantitative estimate of drug-likeness (QED) is 0.569. The van der Waals surface area contributed by atoms with Crippen molar-refractivity contribution >= 4 is 11.9 Å². The summed E-state index contributed by atoms with van der Waals surface area (Å²) < 4.78 is 5.01. The number of hydrogen-bond acceptors (Lipinski definition) is 5. The zero-order valence-electron chi connectivity index (χ0n) is 8.90. The van der Waals surface area contributed by atoms with E-state index >= 15 is 0 Å². The first-order valence-corrected chi connectivity index (χ1v) is 4.83. The van der Waals surface area contributed by atoms with Crippen LogP contribution in [0, 0.1) is 0 Å². The number of amides is 1. The third-order valence-corrected chi connectivity index (χ3v) is 1.81. The lowest BCUT2D eigenvalue weighted by Gasteiger charge is -1.96. The van der Waals surface area contributed by atoms with Crippen molar-refractivity contribution in [3.63, 3.8) is 0 Å². The summed E-state index contributed by atoms with van der Waals surface area (Å²) in [5.41, 5.74) is -0.355. The Hall–Kier alpha value is -2.58. The molecule has 9 nitrogen and oxygen atoms in total. The molecule has 0 radical (unpaired) electrons. The van der Waals surface area contributed by atoms with Gasteiger partial charge in [0, 0.05) is 6.20 Å². The average molecular weight is 238 g/mol. The van der Waals surface area contributed by atoms with Crippen LogP contribution >= 0.6 is 0 Å². The molecule has 9 heteroatoms. The van der Waals surface area contributed by atoms with Crippen molar-refractivity contribution in [3.8, 4) is 6.01 Å². The largest absolute Gasteiger partial charge is 0.463 e. The first-order valence-electron chi connectivity index (χ1n) is 4.83. The van der Waals surface area contributed by atoms with E-state index in [4.69, 9.17) is 4.74 Å². The highest BCUT2D eigenvalue weighted by Crippen LogP contribution is 2.06. The maximum Gasteiger partial charge on any atom is 0.337 e. The normalized spacial score (nSPS) is 10.2. The monoisotopic (exact) mass is 238 g/mol. The summed E-state index contributed by atoms with van der Waals surface area (Å²) in [6, 6.07) is 0.144. The number of carbonyl (C=O) groups excluding carboxylic acids is 1. The zero-order chi connectivity index (χ0) is 12.3. The van der Waals surface area contributed by atoms with E-state index in [0.29, 0.717) is 6.61 Å². The highest BCUT2D eigenvalue weighted by Gasteiger charge is 2.11. The number of nitrogens with one attached hydrogen (secondary N) is 4. The number of imidazole rings is 1. The van der Waals surface area contributed by atoms with Gasteiger partial charge < -0.3 is 14.7 Å². The molecule has 2 rings (SSSR count). The SMILES string of the molecule is CCOc1n[nH]c(NC(=O)c2c[nH]c(=O)[nH]2)n1. The van der Waals surface area contributed by atoms with Crippen LogP contribution in [0.5, 0.6) is 6.01 Å². The zero-order valence-corrected chi connectivity index (χ0v) is 8.90. The molecule has 0 aliphatic rings. The number of H-pyrrole nitrogens is 3. The van der Waals surface area contributed by atoms with Gasteiger partial charge in [0.05, 0.1) is 6.61 Å². The average Bonchev–Trinajstić information content (AvgIpc) is 2.88. The second-order valence-corrected chi connectivity index (χ2v) is 3.01. The Morgan fingerprint density at radius 2 is 2.41 bits per heavy atom. The third kappa shape index (κ3) is 2.51. The number of anilines is 1. The predicted octanol–water partition coefficient (Wildman–Crippen LogP) is -0.528. The summed E-state index contributed by atoms with van der Waals surface area (Å²) in [5, 5.41) is 8.59. The molecule has 0 atom stereocenters. The number of rotatable bonds is 4. The number of aromatic nitrogens is 5. The highest BCUT2D eigenvalue weighted by atomic mass is 16.5. The van der Waals surface area contributed by atoms with E-state index in [9.17, 15) is 9.59 Å². The third-order valence-electron chi connectivity index (χ3n) is 1.81. The summed E-state index contributed by atoms with van der Waals surface area (Å²) >= 11 is 0. The van der Waals surface area contributed by atoms with Crippen molar-refractivity contribution < 1.29 is 9.53 Å². The van der Waals surface area contributed by atoms with Gasteiger partial charge in [0.2, 0.25) is 5.95 Å². The second kappa shape index (κ2) is 4.51. The van der Waals surface area contributed by atoms with Crippen molar-refractivity contribution in [2.24, 2.45) is 0 Å². The van der Waals surface area contributed by atoms with E-state index in [-0.39, 0.29) is 17.7 Å². The Balaban J connectivity index is 2.05. The lowest BCUT2D eigenvalue weighted by atomic mass is 10.4. The van der Waals surface area contributed by atoms with Gasteiger partial charge in [-0.05, 0) is 6.92 Å². The van der Waals surface area contributed by atoms with Gasteiger partial charge in [-0.25, -0.2) is 9.89 Å². The Bertz CT molecular complexity index is 568. The summed E-state index contributed by atoms with van der Waals surface area (Å²) in [5.74, 6) is -0.372. The van der Waals surface area contributed by atoms with Gasteiger partial charge in [0.25, 0.3) is 5.91 Å². The molecule has 0 aromatic carbocycles. The summed E-state index contributed by atoms with van der Waals surface area (Å²) in [6.07, 6.45) is 1.26. The van der Waals surface area contributed by atoms with Gasteiger partial charge in [-0.2, -0.15) is 4.98 Å². The Morgan fingerprint density at radius 1 is 1.59 bits per heavy atom. The lowest BCUT2D eigenvalue weighted by Crippen LogP contribution is -2.14. The fourth-order valence-electron chi connectivity index (χ4n) is 1.13. The molecule has 2 aromatic rings. The molecular weight excluding hydrogens is 228 g/mol. The van der Waals surface area contributed by atoms with Crippen LogP contribution in [0.2, 0.25) is 0 Å². The first-order chi connectivity index (χ1) is 8.19. The van der Waals surface area contributed by atoms with E-state index in [1.54, 1.807) is 6.92 Å². The van der Waals surface area contributed by atoms with Gasteiger partial charge in [-0.1, -0.05) is 0 Å². The van der Waals surface area contributed by atoms with E-state index in [0.717, 1.165) is 0 Å². The Labute approximate surface area is 94.6 Å². The van der Waals surface area contributed by atoms with Gasteiger partial charge in [-0.15, -0.1) is 5.10 Å². The van der Waals surface area contributed by atoms with Crippen LogP contribution in [0.25, 0.3) is 0 Å². The predicted molar refractivity (Wildman–Crippen MR) is 56.9 cm³/mol. The van der Waals surface area contributed by atoms with Gasteiger partial charge in [0.1, 0.15) is 5.69 Å². The van der Waals surface area contributed by atoms with Crippen molar-refractivity contribution in [2.45, 2.75) is 6.92 Å². The summed E-state index contributed by atoms with van der Waals surface area (Å²) in [6.45, 7) is 2.22. The molecule has 0 fully saturated rings. The minimum absolute atomic E-state index is 0.101. The summed E-state index contributed by atoms with van der Waals surface area (Å²) in [4.78, 5) is 30.8. The fraction of sp³-hybridized carbons (Fsp3) is 0.250. The molecule has 4 N–H and O–H groups in total. The first kappa shape index (κ1) is 10.9. The van der Waals surface area contributed by atoms with Crippen LogP contribution in [0.15, 0.2) is 11.0 Å². The second-order valence-electron chi connectivity index (χ2n) is 3.01. The Morgan fingerprint density at radius 3 is 3.06 bits per heavy atom. The smallest absolute Gasteiger partial charge is 0.337 e. The number of nitrogens with zero attached hydrogens (tertiary/aromatic N) is 2. The van der Waals surface area contributed by atoms with Gasteiger partial charge >= 0.3 is 11.7 Å². The number of hydrogen-bond donors (Lipinski definition) is 4. The summed E-state index contributed by atoms with van der Waals surface area (Å²) in [7, 11) is 0. The molecule has 0 unspecified atom stereocenters. The van der Waals surface area contributed by atoms with Crippen molar-refractivity contribution in [3.05, 3.63) is 22.4 Å². The molecule has 1 amide bonds. The van der Waals surface area contributed by atoms with Crippen LogP contribution in [0.3, 0.4) is 0 Å². The molecule has 0 saturated heterocycles. The van der Waals surface area contributed by atoms with Crippen LogP contribution in [0.4, 0.5) is 5.95 Å².